The number of carboxylic acids is 1. The molecule has 0 atom stereocenters. The zero-order valence-corrected chi connectivity index (χ0v) is 10.3. The van der Waals surface area contributed by atoms with Crippen LogP contribution in [0.15, 0.2) is 12.4 Å². The van der Waals surface area contributed by atoms with Crippen molar-refractivity contribution >= 4 is 5.97 Å². The van der Waals surface area contributed by atoms with E-state index in [1.54, 1.807) is 0 Å². The molecule has 9 heteroatoms. The van der Waals surface area contributed by atoms with Gasteiger partial charge in [0.2, 0.25) is 0 Å². The number of hydrogen-bond donors (Lipinski definition) is 1. The summed E-state index contributed by atoms with van der Waals surface area (Å²) in [6, 6.07) is 0. The van der Waals surface area contributed by atoms with Gasteiger partial charge in [0.1, 0.15) is 12.4 Å². The molecular weight excluding hydrogens is 272 g/mol. The Morgan fingerprint density at radius 2 is 2.25 bits per heavy atom. The molecule has 1 fully saturated rings. The van der Waals surface area contributed by atoms with Gasteiger partial charge < -0.3 is 5.11 Å². The second-order valence-electron chi connectivity index (χ2n) is 4.59. The Balaban J connectivity index is 1.95. The lowest BCUT2D eigenvalue weighted by molar-refractivity contribution is 0.0661. The number of alkyl halides is 2. The van der Waals surface area contributed by atoms with Gasteiger partial charge in [0.05, 0.1) is 5.69 Å². The smallest absolute Gasteiger partial charge is 0.358 e. The number of halogens is 2. The average Bonchev–Trinajstić information content (AvgIpc) is 2.97. The zero-order valence-electron chi connectivity index (χ0n) is 10.3. The van der Waals surface area contributed by atoms with Gasteiger partial charge in [-0.05, 0) is 12.8 Å². The molecule has 0 bridgehead atoms. The molecule has 20 heavy (non-hydrogen) atoms. The van der Waals surface area contributed by atoms with Gasteiger partial charge in [-0.3, -0.25) is 4.57 Å². The van der Waals surface area contributed by atoms with Crippen LogP contribution in [0.5, 0.6) is 0 Å². The van der Waals surface area contributed by atoms with E-state index in [0.717, 1.165) is 17.4 Å². The van der Waals surface area contributed by atoms with Crippen LogP contribution in [-0.4, -0.2) is 35.6 Å². The quantitative estimate of drug-likeness (QED) is 0.898. The highest BCUT2D eigenvalue weighted by atomic mass is 19.3. The highest BCUT2D eigenvalue weighted by Crippen LogP contribution is 2.41. The van der Waals surface area contributed by atoms with Gasteiger partial charge in [0.15, 0.2) is 5.69 Å². The predicted molar refractivity (Wildman–Crippen MR) is 61.5 cm³/mol. The minimum Gasteiger partial charge on any atom is -0.476 e. The van der Waals surface area contributed by atoms with E-state index in [2.05, 4.69) is 15.3 Å². The lowest BCUT2D eigenvalue weighted by Crippen LogP contribution is -2.13. The summed E-state index contributed by atoms with van der Waals surface area (Å²) in [4.78, 5) is 14.9. The first-order valence-corrected chi connectivity index (χ1v) is 6.04. The van der Waals surface area contributed by atoms with Gasteiger partial charge in [-0.2, -0.15) is 8.78 Å². The molecule has 0 radical (unpaired) electrons. The largest absolute Gasteiger partial charge is 0.476 e. The first-order chi connectivity index (χ1) is 9.58. The monoisotopic (exact) mass is 283 g/mol. The molecule has 2 aromatic rings. The summed E-state index contributed by atoms with van der Waals surface area (Å²) in [6.45, 7) is -2.72. The number of aromatic carboxylic acids is 1. The van der Waals surface area contributed by atoms with E-state index in [9.17, 15) is 13.6 Å². The molecule has 1 aliphatic rings. The maximum atomic E-state index is 12.8. The molecule has 1 aliphatic carbocycles. The topological polar surface area (TPSA) is 85.8 Å². The SMILES string of the molecule is O=C(O)c1nnn(Cc2nccn2C(F)F)c1C1CC1. The number of imidazole rings is 1. The number of nitrogens with zero attached hydrogens (tertiary/aromatic N) is 5. The van der Waals surface area contributed by atoms with Crippen molar-refractivity contribution in [3.8, 4) is 0 Å². The van der Waals surface area contributed by atoms with E-state index < -0.39 is 12.5 Å². The summed E-state index contributed by atoms with van der Waals surface area (Å²) in [7, 11) is 0. The molecule has 7 nitrogen and oxygen atoms in total. The predicted octanol–water partition coefficient (Wildman–Crippen LogP) is 1.49. The van der Waals surface area contributed by atoms with Crippen molar-refractivity contribution in [3.63, 3.8) is 0 Å². The maximum Gasteiger partial charge on any atom is 0.358 e. The standard InChI is InChI=1S/C11H11F2N5O2/c12-11(13)17-4-3-14-7(17)5-18-9(6-1-2-6)8(10(19)20)15-16-18/h3-4,6,11H,1-2,5H2,(H,19,20). The highest BCUT2D eigenvalue weighted by molar-refractivity contribution is 5.86. The summed E-state index contributed by atoms with van der Waals surface area (Å²) >= 11 is 0. The zero-order chi connectivity index (χ0) is 14.3. The summed E-state index contributed by atoms with van der Waals surface area (Å²) in [6.07, 6.45) is 4.16. The molecule has 0 aromatic carbocycles. The molecule has 0 saturated heterocycles. The van der Waals surface area contributed by atoms with Crippen molar-refractivity contribution in [1.29, 1.82) is 0 Å². The van der Waals surface area contributed by atoms with Crippen LogP contribution in [-0.2, 0) is 6.54 Å². The number of carboxylic acid groups (broad SMARTS) is 1. The van der Waals surface area contributed by atoms with Crippen molar-refractivity contribution in [3.05, 3.63) is 29.6 Å². The molecule has 2 heterocycles. The number of hydrogen-bond acceptors (Lipinski definition) is 4. The molecule has 1 saturated carbocycles. The van der Waals surface area contributed by atoms with Crippen LogP contribution in [0.25, 0.3) is 0 Å². The third kappa shape index (κ3) is 2.15. The highest BCUT2D eigenvalue weighted by Gasteiger charge is 2.34. The molecule has 106 valence electrons. The van der Waals surface area contributed by atoms with E-state index in [1.807, 2.05) is 0 Å². The van der Waals surface area contributed by atoms with Crippen LogP contribution in [0.2, 0.25) is 0 Å². The summed E-state index contributed by atoms with van der Waals surface area (Å²) < 4.78 is 27.6. The Morgan fingerprint density at radius 1 is 1.50 bits per heavy atom. The Hall–Kier alpha value is -2.32. The molecule has 2 aromatic heterocycles. The van der Waals surface area contributed by atoms with E-state index in [0.29, 0.717) is 5.69 Å². The maximum absolute atomic E-state index is 12.8. The molecule has 0 amide bonds. The molecular formula is C11H11F2N5O2. The second-order valence-corrected chi connectivity index (χ2v) is 4.59. The Bertz CT molecular complexity index is 647. The van der Waals surface area contributed by atoms with Gasteiger partial charge in [-0.1, -0.05) is 5.21 Å². The molecule has 1 N–H and O–H groups in total. The van der Waals surface area contributed by atoms with Crippen molar-refractivity contribution in [1.82, 2.24) is 24.5 Å². The fourth-order valence-corrected chi connectivity index (χ4v) is 2.13. The molecule has 0 aliphatic heterocycles. The van der Waals surface area contributed by atoms with Crippen LogP contribution >= 0.6 is 0 Å². The van der Waals surface area contributed by atoms with Gasteiger partial charge >= 0.3 is 12.5 Å². The first kappa shape index (κ1) is 12.7. The van der Waals surface area contributed by atoms with E-state index >= 15 is 0 Å². The van der Waals surface area contributed by atoms with Gasteiger partial charge in [0, 0.05) is 18.3 Å². The fraction of sp³-hybridized carbons (Fsp3) is 0.455. The average molecular weight is 283 g/mol. The normalized spacial score (nSPS) is 14.9. The Morgan fingerprint density at radius 3 is 2.85 bits per heavy atom. The Kier molecular flexibility index (Phi) is 2.96. The fourth-order valence-electron chi connectivity index (χ4n) is 2.13. The van der Waals surface area contributed by atoms with Gasteiger partial charge in [-0.15, -0.1) is 5.10 Å². The number of rotatable bonds is 5. The molecule has 0 unspecified atom stereocenters. The summed E-state index contributed by atoms with van der Waals surface area (Å²) in [5.74, 6) is -0.954. The van der Waals surface area contributed by atoms with Crippen LogP contribution in [0.4, 0.5) is 8.78 Å². The van der Waals surface area contributed by atoms with Crippen LogP contribution in [0, 0.1) is 0 Å². The first-order valence-electron chi connectivity index (χ1n) is 6.04. The van der Waals surface area contributed by atoms with Crippen LogP contribution in [0.1, 0.15) is 47.3 Å². The van der Waals surface area contributed by atoms with E-state index in [1.165, 1.54) is 17.1 Å². The van der Waals surface area contributed by atoms with Crippen molar-refractivity contribution in [2.75, 3.05) is 0 Å². The van der Waals surface area contributed by atoms with Gasteiger partial charge in [0.25, 0.3) is 0 Å². The molecule has 3 rings (SSSR count). The second kappa shape index (κ2) is 4.66. The minimum absolute atomic E-state index is 0.0244. The van der Waals surface area contributed by atoms with Gasteiger partial charge in [-0.25, -0.2) is 14.5 Å². The summed E-state index contributed by atoms with van der Waals surface area (Å²) in [5, 5.41) is 16.5. The lowest BCUT2D eigenvalue weighted by atomic mass is 10.2. The minimum atomic E-state index is -2.70. The van der Waals surface area contributed by atoms with Crippen molar-refractivity contribution in [2.45, 2.75) is 31.9 Å². The third-order valence-electron chi connectivity index (χ3n) is 3.19. The van der Waals surface area contributed by atoms with E-state index in [-0.39, 0.29) is 24.0 Å². The van der Waals surface area contributed by atoms with E-state index in [4.69, 9.17) is 5.11 Å². The number of carbonyl (C=O) groups is 1. The molecule has 0 spiro atoms. The lowest BCUT2D eigenvalue weighted by Gasteiger charge is -2.08. The number of aromatic nitrogens is 5. The third-order valence-corrected chi connectivity index (χ3v) is 3.19. The van der Waals surface area contributed by atoms with Crippen molar-refractivity contribution < 1.29 is 18.7 Å². The summed E-state index contributed by atoms with van der Waals surface area (Å²) in [5.41, 5.74) is 0.379. The van der Waals surface area contributed by atoms with Crippen molar-refractivity contribution in [2.24, 2.45) is 0 Å². The van der Waals surface area contributed by atoms with Crippen LogP contribution in [0.3, 0.4) is 0 Å². The van der Waals surface area contributed by atoms with Crippen LogP contribution < -0.4 is 0 Å². The Labute approximate surface area is 111 Å².